The van der Waals surface area contributed by atoms with Crippen LogP contribution in [0.2, 0.25) is 0 Å². The van der Waals surface area contributed by atoms with E-state index in [1.165, 1.54) is 6.07 Å². The number of likely N-dealkylation sites (N-methyl/N-ethyl adjacent to an activating group) is 1. The van der Waals surface area contributed by atoms with E-state index in [0.717, 1.165) is 19.3 Å². The molecule has 0 heterocycles. The second kappa shape index (κ2) is 5.76. The maximum Gasteiger partial charge on any atom is 0.240 e. The molecule has 0 bridgehead atoms. The summed E-state index contributed by atoms with van der Waals surface area (Å²) in [4.78, 5) is 2.28. The Balaban J connectivity index is 2.21. The molecule has 6 heteroatoms. The molecule has 21 heavy (non-hydrogen) atoms. The zero-order valence-electron chi connectivity index (χ0n) is 12.7. The van der Waals surface area contributed by atoms with Crippen molar-refractivity contribution in [3.63, 3.8) is 0 Å². The zero-order valence-corrected chi connectivity index (χ0v) is 13.5. The van der Waals surface area contributed by atoms with Crippen LogP contribution in [0.1, 0.15) is 30.4 Å². The fourth-order valence-corrected chi connectivity index (χ4v) is 4.02. The quantitative estimate of drug-likeness (QED) is 0.897. The van der Waals surface area contributed by atoms with Gasteiger partial charge in [0.1, 0.15) is 0 Å². The van der Waals surface area contributed by atoms with Crippen molar-refractivity contribution in [2.45, 2.75) is 36.6 Å². The van der Waals surface area contributed by atoms with E-state index >= 15 is 0 Å². The van der Waals surface area contributed by atoms with Gasteiger partial charge >= 0.3 is 0 Å². The van der Waals surface area contributed by atoms with Crippen LogP contribution in [0.5, 0.6) is 0 Å². The van der Waals surface area contributed by atoms with Crippen LogP contribution in [-0.4, -0.2) is 39.5 Å². The predicted octanol–water partition coefficient (Wildman–Crippen LogP) is 1.63. The Morgan fingerprint density at radius 1 is 1.38 bits per heavy atom. The highest BCUT2D eigenvalue weighted by Gasteiger charge is 2.39. The Kier molecular flexibility index (Phi) is 4.38. The second-order valence-electron chi connectivity index (χ2n) is 5.89. The number of nitrogens with one attached hydrogen (secondary N) is 1. The van der Waals surface area contributed by atoms with Gasteiger partial charge in [0.25, 0.3) is 0 Å². The van der Waals surface area contributed by atoms with E-state index in [4.69, 9.17) is 5.26 Å². The fourth-order valence-electron chi connectivity index (χ4n) is 2.63. The Hall–Kier alpha value is -1.42. The first-order valence-electron chi connectivity index (χ1n) is 6.99. The molecule has 5 nitrogen and oxygen atoms in total. The first-order valence-corrected chi connectivity index (χ1v) is 8.47. The Morgan fingerprint density at radius 2 is 2.05 bits per heavy atom. The van der Waals surface area contributed by atoms with Crippen LogP contribution in [0.4, 0.5) is 0 Å². The number of hydrogen-bond donors (Lipinski definition) is 1. The summed E-state index contributed by atoms with van der Waals surface area (Å²) in [6, 6.07) is 6.70. The molecule has 2 rings (SSSR count). The van der Waals surface area contributed by atoms with Gasteiger partial charge in [-0.2, -0.15) is 5.26 Å². The third-order valence-electron chi connectivity index (χ3n) is 4.43. The maximum absolute atomic E-state index is 12.5. The molecule has 1 fully saturated rings. The molecule has 1 aliphatic rings. The number of benzene rings is 1. The third-order valence-corrected chi connectivity index (χ3v) is 5.97. The molecule has 1 N–H and O–H groups in total. The van der Waals surface area contributed by atoms with Gasteiger partial charge in [-0.05, 0) is 58.0 Å². The van der Waals surface area contributed by atoms with Crippen LogP contribution in [0.3, 0.4) is 0 Å². The standard InChI is InChI=1S/C15H21N3O2S/c1-12-5-6-13(10-16)9-14(12)21(19,20)17-11-15(18(2)3)7-4-8-15/h5-6,9,17H,4,7-8,11H2,1-3H3. The van der Waals surface area contributed by atoms with Crippen LogP contribution in [0.15, 0.2) is 23.1 Å². The highest BCUT2D eigenvalue weighted by molar-refractivity contribution is 7.89. The number of rotatable bonds is 5. The first-order chi connectivity index (χ1) is 9.81. The van der Waals surface area contributed by atoms with Crippen molar-refractivity contribution in [1.82, 2.24) is 9.62 Å². The van der Waals surface area contributed by atoms with E-state index in [1.54, 1.807) is 19.1 Å². The second-order valence-corrected chi connectivity index (χ2v) is 7.62. The molecule has 0 saturated heterocycles. The monoisotopic (exact) mass is 307 g/mol. The minimum atomic E-state index is -3.59. The van der Waals surface area contributed by atoms with Crippen molar-refractivity contribution >= 4 is 10.0 Å². The van der Waals surface area contributed by atoms with Crippen LogP contribution >= 0.6 is 0 Å². The summed E-state index contributed by atoms with van der Waals surface area (Å²) >= 11 is 0. The largest absolute Gasteiger partial charge is 0.302 e. The lowest BCUT2D eigenvalue weighted by atomic mass is 9.76. The molecule has 1 aliphatic carbocycles. The molecule has 0 aliphatic heterocycles. The van der Waals surface area contributed by atoms with E-state index in [0.29, 0.717) is 17.7 Å². The van der Waals surface area contributed by atoms with Gasteiger partial charge in [0, 0.05) is 12.1 Å². The fraction of sp³-hybridized carbons (Fsp3) is 0.533. The molecule has 114 valence electrons. The zero-order chi connectivity index (χ0) is 15.7. The average Bonchev–Trinajstić information content (AvgIpc) is 2.37. The third kappa shape index (κ3) is 3.10. The molecule has 0 aromatic heterocycles. The van der Waals surface area contributed by atoms with Crippen molar-refractivity contribution in [2.24, 2.45) is 0 Å². The van der Waals surface area contributed by atoms with Gasteiger partial charge in [0.2, 0.25) is 10.0 Å². The van der Waals surface area contributed by atoms with Crippen molar-refractivity contribution in [3.8, 4) is 6.07 Å². The molecule has 0 amide bonds. The van der Waals surface area contributed by atoms with Gasteiger partial charge in [-0.3, -0.25) is 0 Å². The van der Waals surface area contributed by atoms with E-state index in [2.05, 4.69) is 9.62 Å². The molecular weight excluding hydrogens is 286 g/mol. The summed E-state index contributed by atoms with van der Waals surface area (Å²) in [7, 11) is 0.368. The van der Waals surface area contributed by atoms with Crippen molar-refractivity contribution in [1.29, 1.82) is 5.26 Å². The summed E-state index contributed by atoms with van der Waals surface area (Å²) < 4.78 is 27.7. The number of nitriles is 1. The van der Waals surface area contributed by atoms with Crippen LogP contribution < -0.4 is 4.72 Å². The Morgan fingerprint density at radius 3 is 2.52 bits per heavy atom. The van der Waals surface area contributed by atoms with E-state index in [1.807, 2.05) is 20.2 Å². The highest BCUT2D eigenvalue weighted by atomic mass is 32.2. The van der Waals surface area contributed by atoms with Gasteiger partial charge in [-0.25, -0.2) is 13.1 Å². The average molecular weight is 307 g/mol. The lowest BCUT2D eigenvalue weighted by Crippen LogP contribution is -2.57. The maximum atomic E-state index is 12.5. The normalized spacial score (nSPS) is 17.3. The molecule has 0 spiro atoms. The molecular formula is C15H21N3O2S. The summed E-state index contributed by atoms with van der Waals surface area (Å²) in [6.07, 6.45) is 3.13. The summed E-state index contributed by atoms with van der Waals surface area (Å²) in [6.45, 7) is 2.14. The van der Waals surface area contributed by atoms with Gasteiger partial charge in [-0.1, -0.05) is 6.07 Å². The van der Waals surface area contributed by atoms with Crippen molar-refractivity contribution in [3.05, 3.63) is 29.3 Å². The Bertz CT molecular complexity index is 671. The number of aryl methyl sites for hydroxylation is 1. The van der Waals surface area contributed by atoms with E-state index in [-0.39, 0.29) is 10.4 Å². The van der Waals surface area contributed by atoms with E-state index < -0.39 is 10.0 Å². The predicted molar refractivity (Wildman–Crippen MR) is 81.4 cm³/mol. The lowest BCUT2D eigenvalue weighted by molar-refractivity contribution is 0.0657. The summed E-state index contributed by atoms with van der Waals surface area (Å²) in [5, 5.41) is 8.93. The van der Waals surface area contributed by atoms with Gasteiger partial charge in [-0.15, -0.1) is 0 Å². The van der Waals surface area contributed by atoms with Gasteiger partial charge in [0.05, 0.1) is 16.5 Å². The smallest absolute Gasteiger partial charge is 0.240 e. The lowest BCUT2D eigenvalue weighted by Gasteiger charge is -2.47. The molecule has 1 aromatic carbocycles. The van der Waals surface area contributed by atoms with Crippen molar-refractivity contribution < 1.29 is 8.42 Å². The summed E-state index contributed by atoms with van der Waals surface area (Å²) in [5.74, 6) is 0. The SMILES string of the molecule is Cc1ccc(C#N)cc1S(=O)(=O)NCC1(N(C)C)CCC1. The minimum absolute atomic E-state index is 0.0756. The van der Waals surface area contributed by atoms with Crippen LogP contribution in [-0.2, 0) is 10.0 Å². The number of nitrogens with zero attached hydrogens (tertiary/aromatic N) is 2. The van der Waals surface area contributed by atoms with Crippen molar-refractivity contribution in [2.75, 3.05) is 20.6 Å². The molecule has 1 aromatic rings. The highest BCUT2D eigenvalue weighted by Crippen LogP contribution is 2.35. The van der Waals surface area contributed by atoms with Crippen LogP contribution in [0.25, 0.3) is 0 Å². The van der Waals surface area contributed by atoms with Gasteiger partial charge in [0.15, 0.2) is 0 Å². The molecule has 0 unspecified atom stereocenters. The molecule has 0 radical (unpaired) electrons. The summed E-state index contributed by atoms with van der Waals surface area (Å²) in [5.41, 5.74) is 0.925. The minimum Gasteiger partial charge on any atom is -0.302 e. The van der Waals surface area contributed by atoms with Crippen LogP contribution in [0, 0.1) is 18.3 Å². The number of sulfonamides is 1. The molecule has 0 atom stereocenters. The first kappa shape index (κ1) is 16.0. The van der Waals surface area contributed by atoms with E-state index in [9.17, 15) is 8.42 Å². The van der Waals surface area contributed by atoms with Gasteiger partial charge < -0.3 is 4.90 Å². The number of hydrogen-bond acceptors (Lipinski definition) is 4. The topological polar surface area (TPSA) is 73.2 Å². The Labute approximate surface area is 126 Å². The molecule has 1 saturated carbocycles.